The molecular formula is C105H92Ir3N6Si3-6. The summed E-state index contributed by atoms with van der Waals surface area (Å²) in [5.74, 6) is 0. The number of hydrogen-bond acceptors (Lipinski definition) is 6. The molecule has 11 aromatic carbocycles. The van der Waals surface area contributed by atoms with E-state index >= 15 is 0 Å². The molecule has 6 heterocycles. The zero-order chi connectivity index (χ0) is 79.4. The van der Waals surface area contributed by atoms with Gasteiger partial charge in [-0.05, 0) is 107 Å². The van der Waals surface area contributed by atoms with Gasteiger partial charge >= 0.3 is 0 Å². The van der Waals surface area contributed by atoms with E-state index in [0.717, 1.165) is 67.5 Å². The van der Waals surface area contributed by atoms with Crippen molar-refractivity contribution >= 4 is 39.8 Å². The number of aromatic nitrogens is 6. The third-order valence-corrected chi connectivity index (χ3v) is 24.7. The van der Waals surface area contributed by atoms with E-state index in [-0.39, 0.29) is 60.3 Å². The van der Waals surface area contributed by atoms with Crippen LogP contribution < -0.4 is 15.6 Å². The van der Waals surface area contributed by atoms with Crippen molar-refractivity contribution in [2.75, 3.05) is 0 Å². The maximum atomic E-state index is 4.84. The number of nitrogens with zero attached hydrogens (tertiary/aromatic N) is 6. The summed E-state index contributed by atoms with van der Waals surface area (Å²) in [5, 5.41) is 4.18. The molecule has 17 rings (SSSR count). The van der Waals surface area contributed by atoms with Crippen LogP contribution in [0.5, 0.6) is 0 Å². The van der Waals surface area contributed by atoms with Gasteiger partial charge in [-0.15, -0.1) is 209 Å². The maximum absolute atomic E-state index is 4.84. The maximum Gasteiger partial charge on any atom is 0.0803 e. The molecule has 0 N–H and O–H groups in total. The van der Waals surface area contributed by atoms with E-state index in [2.05, 4.69) is 323 Å². The molecule has 0 unspecified atom stereocenters. The van der Waals surface area contributed by atoms with Crippen LogP contribution in [0.15, 0.2) is 395 Å². The Hall–Kier alpha value is -11.1. The molecule has 0 amide bonds. The predicted molar refractivity (Wildman–Crippen MR) is 487 cm³/mol. The first kappa shape index (κ1) is 89.8. The van der Waals surface area contributed by atoms with Gasteiger partial charge in [0.1, 0.15) is 0 Å². The van der Waals surface area contributed by atoms with Gasteiger partial charge in [-0.1, -0.05) is 276 Å². The topological polar surface area (TPSA) is 77.3 Å². The van der Waals surface area contributed by atoms with E-state index in [4.69, 9.17) is 15.0 Å². The summed E-state index contributed by atoms with van der Waals surface area (Å²) < 4.78 is 0. The molecule has 0 aliphatic carbocycles. The summed E-state index contributed by atoms with van der Waals surface area (Å²) in [6.07, 6.45) is 11.6. The van der Waals surface area contributed by atoms with Crippen LogP contribution in [0.25, 0.3) is 123 Å². The minimum Gasteiger partial charge on any atom is -0.305 e. The summed E-state index contributed by atoms with van der Waals surface area (Å²) in [6.45, 7) is 21.3. The molecule has 117 heavy (non-hydrogen) atoms. The van der Waals surface area contributed by atoms with Crippen molar-refractivity contribution in [3.8, 4) is 123 Å². The van der Waals surface area contributed by atoms with Gasteiger partial charge < -0.3 is 29.9 Å². The Balaban J connectivity index is 0.000000165. The van der Waals surface area contributed by atoms with Crippen molar-refractivity contribution in [3.63, 3.8) is 0 Å². The zero-order valence-electron chi connectivity index (χ0n) is 67.2. The Morgan fingerprint density at radius 2 is 0.470 bits per heavy atom. The summed E-state index contributed by atoms with van der Waals surface area (Å²) in [4.78, 5) is 27.0. The van der Waals surface area contributed by atoms with Gasteiger partial charge in [0.25, 0.3) is 0 Å². The van der Waals surface area contributed by atoms with Gasteiger partial charge in [-0.25, -0.2) is 0 Å². The van der Waals surface area contributed by atoms with E-state index in [9.17, 15) is 0 Å². The number of rotatable bonds is 14. The fraction of sp³-hybridized carbons (Fsp3) is 0.0857. The standard InChI is InChI=1S/2C26H24NSi.C20H20NSi.3C11H8N.3Ir/c1-28(2,3)26-19-27-25(18-24(26)21-13-8-5-9-14-21)23-16-10-15-22(17-23)20-11-6-4-7-12-20;1-28(2,3)26-19-27-25(18-24(26)22-12-8-5-9-13-22)23-16-14-21(15-17-23)20-10-6-4-7-11-20;1-22(2,3)20-15-21-19(17-12-8-5-9-13-17)14-18(20)16-10-6-4-7-11-16;3*1-2-6-10(7-3-1)11-8-4-5-9-12-11;;;/h4-15,17-19H,1-3H3;4-16,18-19H,1-3H3;4-12,14-15H,1-3H3;3*1-6,8-9H;;;/q6*-1;;;. The average Bonchev–Trinajstić information content (AvgIpc) is 0.794. The SMILES string of the molecule is C[Si](C)(C)c1cnc(-c2[c-]cc(-c3ccccc3)cc2)cc1-c1ccccc1.C[Si](C)(C)c1cnc(-c2[c-]ccc(-c3ccccc3)c2)cc1-c1ccccc1.C[Si](C)(C)c1cnc(-c2[c-]cccc2)cc1-c1ccccc1.[Ir].[Ir].[Ir].[c-]1ccccc1-c1ccccn1.[c-]1ccccc1-c1ccccn1.[c-]1ccccc1-c1ccccn1. The van der Waals surface area contributed by atoms with Crippen molar-refractivity contribution < 1.29 is 60.3 Å². The van der Waals surface area contributed by atoms with Gasteiger partial charge in [-0.2, -0.15) is 0 Å². The molecule has 0 aliphatic heterocycles. The van der Waals surface area contributed by atoms with E-state index in [1.54, 1.807) is 18.6 Å². The second kappa shape index (κ2) is 44.9. The molecule has 0 fully saturated rings. The Morgan fingerprint density at radius 1 is 0.197 bits per heavy atom. The van der Waals surface area contributed by atoms with E-state index in [0.29, 0.717) is 0 Å². The third kappa shape index (κ3) is 26.2. The smallest absolute Gasteiger partial charge is 0.0803 e. The molecule has 6 aromatic heterocycles. The Kier molecular flexibility index (Phi) is 34.5. The Morgan fingerprint density at radius 3 is 0.752 bits per heavy atom. The van der Waals surface area contributed by atoms with Gasteiger partial charge in [0.2, 0.25) is 0 Å². The second-order valence-electron chi connectivity index (χ2n) is 30.2. The minimum atomic E-state index is -1.52. The molecule has 587 valence electrons. The summed E-state index contributed by atoms with van der Waals surface area (Å²) in [5.41, 5.74) is 24.5. The van der Waals surface area contributed by atoms with Crippen LogP contribution in [0, 0.1) is 36.4 Å². The molecule has 0 bridgehead atoms. The molecule has 0 saturated heterocycles. The molecule has 0 atom stereocenters. The molecule has 0 spiro atoms. The summed E-state index contributed by atoms with van der Waals surface area (Å²) >= 11 is 0. The minimum absolute atomic E-state index is 0. The number of pyridine rings is 6. The van der Waals surface area contributed by atoms with Crippen molar-refractivity contribution in [2.45, 2.75) is 58.9 Å². The van der Waals surface area contributed by atoms with Crippen LogP contribution in [-0.4, -0.2) is 54.1 Å². The molecule has 17 aromatic rings. The number of hydrogen-bond donors (Lipinski definition) is 0. The van der Waals surface area contributed by atoms with Crippen LogP contribution in [0.1, 0.15) is 0 Å². The van der Waals surface area contributed by atoms with Crippen LogP contribution in [-0.2, 0) is 60.3 Å². The van der Waals surface area contributed by atoms with E-state index in [1.807, 2.05) is 164 Å². The van der Waals surface area contributed by atoms with Gasteiger partial charge in [0.15, 0.2) is 0 Å². The molecule has 0 saturated carbocycles. The predicted octanol–water partition coefficient (Wildman–Crippen LogP) is 25.3. The second-order valence-corrected chi connectivity index (χ2v) is 45.3. The van der Waals surface area contributed by atoms with Gasteiger partial charge in [0.05, 0.1) is 24.2 Å². The van der Waals surface area contributed by atoms with Crippen LogP contribution >= 0.6 is 0 Å². The first-order valence-corrected chi connectivity index (χ1v) is 48.9. The fourth-order valence-electron chi connectivity index (χ4n) is 12.8. The van der Waals surface area contributed by atoms with Crippen molar-refractivity contribution in [3.05, 3.63) is 431 Å². The van der Waals surface area contributed by atoms with Crippen LogP contribution in [0.4, 0.5) is 0 Å². The van der Waals surface area contributed by atoms with E-state index < -0.39 is 24.2 Å². The van der Waals surface area contributed by atoms with Gasteiger partial charge in [0, 0.05) is 97.5 Å². The first-order valence-electron chi connectivity index (χ1n) is 38.4. The van der Waals surface area contributed by atoms with Crippen molar-refractivity contribution in [1.29, 1.82) is 0 Å². The largest absolute Gasteiger partial charge is 0.305 e. The molecule has 3 radical (unpaired) electrons. The van der Waals surface area contributed by atoms with E-state index in [1.165, 1.54) is 71.2 Å². The molecular weight excluding hydrogens is 2010 g/mol. The first-order chi connectivity index (χ1) is 55.5. The van der Waals surface area contributed by atoms with Crippen molar-refractivity contribution in [2.24, 2.45) is 0 Å². The van der Waals surface area contributed by atoms with Crippen LogP contribution in [0.2, 0.25) is 58.9 Å². The fourth-order valence-corrected chi connectivity index (χ4v) is 17.2. The molecule has 6 nitrogen and oxygen atoms in total. The van der Waals surface area contributed by atoms with Crippen LogP contribution in [0.3, 0.4) is 0 Å². The quantitative estimate of drug-likeness (QED) is 0.0797. The summed E-state index contributed by atoms with van der Waals surface area (Å²) in [6, 6.07) is 141. The summed E-state index contributed by atoms with van der Waals surface area (Å²) in [7, 11) is -4.49. The zero-order valence-corrected chi connectivity index (χ0v) is 77.4. The Labute approximate surface area is 737 Å². The average molecular weight is 2100 g/mol. The van der Waals surface area contributed by atoms with Crippen molar-refractivity contribution in [1.82, 2.24) is 29.9 Å². The Bertz CT molecular complexity index is 5440. The molecule has 0 aliphatic rings. The molecule has 12 heteroatoms. The normalized spacial score (nSPS) is 10.6. The van der Waals surface area contributed by atoms with Gasteiger partial charge in [-0.3, -0.25) is 0 Å². The third-order valence-electron chi connectivity index (χ3n) is 18.7. The monoisotopic (exact) mass is 2100 g/mol. The number of benzene rings is 11.